The quantitative estimate of drug-likeness (QED) is 0.831. The van der Waals surface area contributed by atoms with Gasteiger partial charge in [-0.25, -0.2) is 0 Å². The normalized spacial score (nSPS) is 10.6. The molecule has 0 aliphatic heterocycles. The zero-order chi connectivity index (χ0) is 12.4. The minimum absolute atomic E-state index is 0.673. The number of aryl methyl sites for hydroxylation is 2. The molecule has 1 heterocycles. The van der Waals surface area contributed by atoms with E-state index in [-0.39, 0.29) is 0 Å². The minimum Gasteiger partial charge on any atom is -0.451 e. The largest absolute Gasteiger partial charge is 0.451 e. The van der Waals surface area contributed by atoms with Crippen molar-refractivity contribution in [3.05, 3.63) is 50.3 Å². The highest BCUT2D eigenvalue weighted by Gasteiger charge is 2.05. The Hall–Kier alpha value is -0.740. The van der Waals surface area contributed by atoms with E-state index in [0.717, 1.165) is 20.6 Å². The lowest BCUT2D eigenvalue weighted by atomic mass is 10.1. The molecular weight excluding hydrogens is 346 g/mol. The molecule has 2 aromatic rings. The second kappa shape index (κ2) is 5.27. The lowest BCUT2D eigenvalue weighted by Crippen LogP contribution is -1.98. The fourth-order valence-corrected chi connectivity index (χ4v) is 2.18. The van der Waals surface area contributed by atoms with Crippen molar-refractivity contribution in [3.8, 4) is 0 Å². The summed E-state index contributed by atoms with van der Waals surface area (Å²) in [5, 5.41) is 3.33. The third-order valence-electron chi connectivity index (χ3n) is 2.67. The average Bonchev–Trinajstić information content (AvgIpc) is 2.60. The summed E-state index contributed by atoms with van der Waals surface area (Å²) in [6, 6.07) is 8.29. The van der Waals surface area contributed by atoms with E-state index in [9.17, 15) is 0 Å². The fraction of sp³-hybridized carbons (Fsp3) is 0.231. The molecule has 0 aliphatic carbocycles. The Morgan fingerprint density at radius 2 is 1.88 bits per heavy atom. The number of hydrogen-bond acceptors (Lipinski definition) is 2. The van der Waals surface area contributed by atoms with E-state index < -0.39 is 0 Å². The van der Waals surface area contributed by atoms with Gasteiger partial charge in [0.05, 0.1) is 11.0 Å². The molecule has 0 radical (unpaired) electrons. The highest BCUT2D eigenvalue weighted by Crippen LogP contribution is 2.27. The van der Waals surface area contributed by atoms with Crippen LogP contribution in [0.2, 0.25) is 0 Å². The maximum absolute atomic E-state index is 5.50. The molecule has 1 N–H and O–H groups in total. The van der Waals surface area contributed by atoms with E-state index in [1.807, 2.05) is 6.07 Å². The Bertz CT molecular complexity index is 515. The molecule has 17 heavy (non-hydrogen) atoms. The maximum atomic E-state index is 5.50. The van der Waals surface area contributed by atoms with E-state index in [0.29, 0.717) is 6.54 Å². The Balaban J connectivity index is 2.04. The minimum atomic E-state index is 0.673. The van der Waals surface area contributed by atoms with E-state index in [2.05, 4.69) is 69.2 Å². The van der Waals surface area contributed by atoms with Crippen LogP contribution < -0.4 is 5.32 Å². The van der Waals surface area contributed by atoms with E-state index in [1.54, 1.807) is 0 Å². The zero-order valence-corrected chi connectivity index (χ0v) is 12.9. The molecular formula is C13H13Br2NO. The molecule has 4 heteroatoms. The summed E-state index contributed by atoms with van der Waals surface area (Å²) in [5.41, 5.74) is 3.70. The smallest absolute Gasteiger partial charge is 0.183 e. The standard InChI is InChI=1S/C13H13Br2NO/c1-8-3-4-10(5-9(8)2)16-7-11-6-12(14)13(15)17-11/h3-6,16H,7H2,1-2H3. The van der Waals surface area contributed by atoms with Crippen molar-refractivity contribution in [3.63, 3.8) is 0 Å². The topological polar surface area (TPSA) is 25.2 Å². The molecule has 0 spiro atoms. The molecule has 90 valence electrons. The first-order valence-corrected chi connectivity index (χ1v) is 6.89. The molecule has 1 aromatic carbocycles. The first-order valence-electron chi connectivity index (χ1n) is 5.31. The summed E-state index contributed by atoms with van der Waals surface area (Å²) >= 11 is 6.72. The van der Waals surface area contributed by atoms with Gasteiger partial charge in [-0.2, -0.15) is 0 Å². The van der Waals surface area contributed by atoms with Gasteiger partial charge in [-0.1, -0.05) is 6.07 Å². The molecule has 0 fully saturated rings. The van der Waals surface area contributed by atoms with Crippen molar-refractivity contribution >= 4 is 37.5 Å². The number of rotatable bonds is 3. The molecule has 0 unspecified atom stereocenters. The van der Waals surface area contributed by atoms with Crippen molar-refractivity contribution in [2.45, 2.75) is 20.4 Å². The zero-order valence-electron chi connectivity index (χ0n) is 9.68. The SMILES string of the molecule is Cc1ccc(NCc2cc(Br)c(Br)o2)cc1C. The predicted octanol–water partition coefficient (Wildman–Crippen LogP) is 5.03. The summed E-state index contributed by atoms with van der Waals surface area (Å²) in [6.07, 6.45) is 0. The van der Waals surface area contributed by atoms with Gasteiger partial charge in [-0.05, 0) is 75.0 Å². The third-order valence-corrected chi connectivity index (χ3v) is 4.38. The lowest BCUT2D eigenvalue weighted by molar-refractivity contribution is 0.494. The Morgan fingerprint density at radius 3 is 2.47 bits per heavy atom. The molecule has 2 rings (SSSR count). The number of benzene rings is 1. The van der Waals surface area contributed by atoms with Gasteiger partial charge in [0, 0.05) is 5.69 Å². The molecule has 2 nitrogen and oxygen atoms in total. The van der Waals surface area contributed by atoms with Crippen LogP contribution in [0.3, 0.4) is 0 Å². The highest BCUT2D eigenvalue weighted by atomic mass is 79.9. The first-order chi connectivity index (χ1) is 8.06. The number of anilines is 1. The van der Waals surface area contributed by atoms with Gasteiger partial charge in [-0.15, -0.1) is 0 Å². The van der Waals surface area contributed by atoms with E-state index in [1.165, 1.54) is 11.1 Å². The number of hydrogen-bond donors (Lipinski definition) is 1. The van der Waals surface area contributed by atoms with Crippen LogP contribution in [0, 0.1) is 13.8 Å². The van der Waals surface area contributed by atoms with Gasteiger partial charge in [0.1, 0.15) is 5.76 Å². The van der Waals surface area contributed by atoms with Crippen molar-refractivity contribution in [1.29, 1.82) is 0 Å². The van der Waals surface area contributed by atoms with Crippen LogP contribution in [-0.4, -0.2) is 0 Å². The molecule has 0 aliphatic rings. The summed E-state index contributed by atoms with van der Waals surface area (Å²) in [7, 11) is 0. The summed E-state index contributed by atoms with van der Waals surface area (Å²) < 4.78 is 7.17. The highest BCUT2D eigenvalue weighted by molar-refractivity contribution is 9.13. The Morgan fingerprint density at radius 1 is 1.12 bits per heavy atom. The number of nitrogens with one attached hydrogen (secondary N) is 1. The Labute approximate surface area is 118 Å². The van der Waals surface area contributed by atoms with Gasteiger partial charge < -0.3 is 9.73 Å². The van der Waals surface area contributed by atoms with Gasteiger partial charge in [-0.3, -0.25) is 0 Å². The van der Waals surface area contributed by atoms with Gasteiger partial charge >= 0.3 is 0 Å². The second-order valence-electron chi connectivity index (χ2n) is 3.99. The Kier molecular flexibility index (Phi) is 3.94. The summed E-state index contributed by atoms with van der Waals surface area (Å²) in [5.74, 6) is 0.891. The second-order valence-corrected chi connectivity index (χ2v) is 5.56. The van der Waals surface area contributed by atoms with Crippen molar-refractivity contribution in [1.82, 2.24) is 0 Å². The van der Waals surface area contributed by atoms with Gasteiger partial charge in [0.15, 0.2) is 4.67 Å². The first kappa shape index (κ1) is 12.7. The number of halogens is 2. The van der Waals surface area contributed by atoms with Crippen molar-refractivity contribution in [2.24, 2.45) is 0 Å². The monoisotopic (exact) mass is 357 g/mol. The van der Waals surface area contributed by atoms with E-state index >= 15 is 0 Å². The van der Waals surface area contributed by atoms with Gasteiger partial charge in [0.2, 0.25) is 0 Å². The summed E-state index contributed by atoms with van der Waals surface area (Å²) in [4.78, 5) is 0. The molecule has 0 amide bonds. The van der Waals surface area contributed by atoms with Crippen molar-refractivity contribution in [2.75, 3.05) is 5.32 Å². The van der Waals surface area contributed by atoms with Crippen LogP contribution in [0.5, 0.6) is 0 Å². The van der Waals surface area contributed by atoms with E-state index in [4.69, 9.17) is 4.42 Å². The molecule has 0 atom stereocenters. The molecule has 1 aromatic heterocycles. The van der Waals surface area contributed by atoms with Crippen LogP contribution in [-0.2, 0) is 6.54 Å². The van der Waals surface area contributed by atoms with Crippen molar-refractivity contribution < 1.29 is 4.42 Å². The number of furan rings is 1. The third kappa shape index (κ3) is 3.13. The summed E-state index contributed by atoms with van der Waals surface area (Å²) in [6.45, 7) is 4.90. The molecule has 0 saturated carbocycles. The molecule has 0 saturated heterocycles. The average molecular weight is 359 g/mol. The molecule has 0 bridgehead atoms. The van der Waals surface area contributed by atoms with Crippen LogP contribution in [0.1, 0.15) is 16.9 Å². The van der Waals surface area contributed by atoms with Crippen LogP contribution in [0.25, 0.3) is 0 Å². The van der Waals surface area contributed by atoms with Gasteiger partial charge in [0.25, 0.3) is 0 Å². The maximum Gasteiger partial charge on any atom is 0.183 e. The van der Waals surface area contributed by atoms with Crippen LogP contribution in [0.15, 0.2) is 37.8 Å². The van der Waals surface area contributed by atoms with Crippen LogP contribution >= 0.6 is 31.9 Å². The van der Waals surface area contributed by atoms with Crippen LogP contribution in [0.4, 0.5) is 5.69 Å². The lowest BCUT2D eigenvalue weighted by Gasteiger charge is -2.07. The predicted molar refractivity (Wildman–Crippen MR) is 77.4 cm³/mol. The fourth-order valence-electron chi connectivity index (χ4n) is 1.52.